The lowest BCUT2D eigenvalue weighted by Crippen LogP contribution is -2.31. The first-order valence-corrected chi connectivity index (χ1v) is 16.7. The molecule has 242 valence electrons. The van der Waals surface area contributed by atoms with Crippen molar-refractivity contribution in [2.75, 3.05) is 13.2 Å². The Bertz CT molecular complexity index is 1150. The Kier molecular flexibility index (Phi) is 16.7. The van der Waals surface area contributed by atoms with Gasteiger partial charge in [0.1, 0.15) is 17.1 Å². The molecule has 0 aliphatic heterocycles. The van der Waals surface area contributed by atoms with Gasteiger partial charge < -0.3 is 14.2 Å². The van der Waals surface area contributed by atoms with E-state index in [0.717, 1.165) is 41.5 Å². The zero-order valence-corrected chi connectivity index (χ0v) is 29.5. The number of esters is 1. The van der Waals surface area contributed by atoms with E-state index in [1.165, 1.54) is 12.0 Å². The standard InChI is InChI=1S/C37H56O4.C2H6/c1-11-23-37(10,13-3)41-35(38)22-24-39-33-18-14-17-31-30(33)16-15-19-34(31)40-26-28(6)20-21-29(12-2)32(25-27(4)5)36(7,8)9;1-2/h12,14-21,27-28,32H,11,13,22-26H2,1-10H3;1-2H3/b21-20-,29-12+;. The van der Waals surface area contributed by atoms with Crippen LogP contribution in [0.1, 0.15) is 115 Å². The van der Waals surface area contributed by atoms with Gasteiger partial charge in [0.15, 0.2) is 0 Å². The van der Waals surface area contributed by atoms with Crippen LogP contribution in [0, 0.1) is 23.2 Å². The smallest absolute Gasteiger partial charge is 0.309 e. The molecule has 0 N–H and O–H groups in total. The lowest BCUT2D eigenvalue weighted by molar-refractivity contribution is -0.159. The first-order valence-electron chi connectivity index (χ1n) is 16.7. The highest BCUT2D eigenvalue weighted by Crippen LogP contribution is 2.38. The lowest BCUT2D eigenvalue weighted by Gasteiger charge is -2.33. The second-order valence-electron chi connectivity index (χ2n) is 13.2. The van der Waals surface area contributed by atoms with Crippen LogP contribution >= 0.6 is 0 Å². The average Bonchev–Trinajstić information content (AvgIpc) is 2.96. The number of rotatable bonds is 16. The van der Waals surface area contributed by atoms with Crippen molar-refractivity contribution in [1.29, 1.82) is 0 Å². The first kappa shape index (κ1) is 38.3. The monoisotopic (exact) mass is 594 g/mol. The van der Waals surface area contributed by atoms with Gasteiger partial charge in [0.05, 0.1) is 19.6 Å². The van der Waals surface area contributed by atoms with Crippen LogP contribution in [0.2, 0.25) is 0 Å². The van der Waals surface area contributed by atoms with Crippen molar-refractivity contribution >= 4 is 16.7 Å². The number of carbonyl (C=O) groups is 1. The third kappa shape index (κ3) is 12.8. The summed E-state index contributed by atoms with van der Waals surface area (Å²) in [6, 6.07) is 12.0. The summed E-state index contributed by atoms with van der Waals surface area (Å²) in [6.07, 6.45) is 10.9. The number of benzene rings is 2. The quantitative estimate of drug-likeness (QED) is 0.143. The van der Waals surface area contributed by atoms with Crippen LogP contribution in [-0.4, -0.2) is 24.8 Å². The van der Waals surface area contributed by atoms with E-state index in [0.29, 0.717) is 18.4 Å². The molecule has 0 aliphatic rings. The van der Waals surface area contributed by atoms with Crippen molar-refractivity contribution in [3.8, 4) is 11.5 Å². The van der Waals surface area contributed by atoms with Gasteiger partial charge in [-0.3, -0.25) is 4.79 Å². The second-order valence-corrected chi connectivity index (χ2v) is 13.2. The molecule has 2 rings (SSSR count). The van der Waals surface area contributed by atoms with Crippen LogP contribution in [0.4, 0.5) is 0 Å². The molecule has 2 aromatic carbocycles. The molecule has 0 radical (unpaired) electrons. The fourth-order valence-electron chi connectivity index (χ4n) is 5.33. The van der Waals surface area contributed by atoms with Crippen LogP contribution < -0.4 is 9.47 Å². The molecule has 0 heterocycles. The lowest BCUT2D eigenvalue weighted by atomic mass is 9.72. The minimum absolute atomic E-state index is 0.213. The van der Waals surface area contributed by atoms with E-state index in [2.05, 4.69) is 86.6 Å². The van der Waals surface area contributed by atoms with E-state index < -0.39 is 5.60 Å². The van der Waals surface area contributed by atoms with Gasteiger partial charge in [-0.15, -0.1) is 0 Å². The molecule has 0 saturated heterocycles. The van der Waals surface area contributed by atoms with Crippen molar-refractivity contribution in [3.63, 3.8) is 0 Å². The second kappa shape index (κ2) is 18.8. The number of ether oxygens (including phenoxy) is 3. The van der Waals surface area contributed by atoms with Crippen molar-refractivity contribution in [2.24, 2.45) is 23.2 Å². The molecule has 0 spiro atoms. The van der Waals surface area contributed by atoms with E-state index in [1.807, 2.05) is 51.1 Å². The Morgan fingerprint density at radius 1 is 0.907 bits per heavy atom. The molecular weight excluding hydrogens is 532 g/mol. The Hall–Kier alpha value is -2.75. The molecule has 2 aromatic rings. The highest BCUT2D eigenvalue weighted by atomic mass is 16.6. The van der Waals surface area contributed by atoms with Crippen LogP contribution in [0.25, 0.3) is 10.8 Å². The molecule has 0 aromatic heterocycles. The predicted molar refractivity (Wildman–Crippen MR) is 185 cm³/mol. The van der Waals surface area contributed by atoms with Crippen molar-refractivity contribution in [2.45, 2.75) is 121 Å². The fourth-order valence-corrected chi connectivity index (χ4v) is 5.33. The zero-order chi connectivity index (χ0) is 32.6. The van der Waals surface area contributed by atoms with E-state index in [9.17, 15) is 4.79 Å². The summed E-state index contributed by atoms with van der Waals surface area (Å²) in [7, 11) is 0. The summed E-state index contributed by atoms with van der Waals surface area (Å²) in [4.78, 5) is 12.5. The SMILES string of the molecule is C/C=C(\C=C/C(C)COc1cccc2c(OCCC(=O)OC(C)(CC)CCC)cccc12)C(CC(C)C)C(C)(C)C.CC. The van der Waals surface area contributed by atoms with Crippen LogP contribution in [0.3, 0.4) is 0 Å². The summed E-state index contributed by atoms with van der Waals surface area (Å²) in [5.74, 6) is 2.80. The van der Waals surface area contributed by atoms with Gasteiger partial charge in [-0.05, 0) is 68.1 Å². The van der Waals surface area contributed by atoms with E-state index in [4.69, 9.17) is 14.2 Å². The Morgan fingerprint density at radius 2 is 1.49 bits per heavy atom. The van der Waals surface area contributed by atoms with Gasteiger partial charge >= 0.3 is 5.97 Å². The Morgan fingerprint density at radius 3 is 1.98 bits per heavy atom. The van der Waals surface area contributed by atoms with Crippen LogP contribution in [0.15, 0.2) is 60.2 Å². The summed E-state index contributed by atoms with van der Waals surface area (Å²) in [5.41, 5.74) is 1.21. The summed E-state index contributed by atoms with van der Waals surface area (Å²) < 4.78 is 18.2. The van der Waals surface area contributed by atoms with Crippen molar-refractivity contribution in [1.82, 2.24) is 0 Å². The van der Waals surface area contributed by atoms with Crippen molar-refractivity contribution in [3.05, 3.63) is 60.2 Å². The van der Waals surface area contributed by atoms with Crippen LogP contribution in [0.5, 0.6) is 11.5 Å². The predicted octanol–water partition coefficient (Wildman–Crippen LogP) is 11.4. The number of carbonyl (C=O) groups excluding carboxylic acids is 1. The molecule has 0 fully saturated rings. The molecule has 43 heavy (non-hydrogen) atoms. The van der Waals surface area contributed by atoms with Gasteiger partial charge in [-0.25, -0.2) is 0 Å². The Balaban J connectivity index is 0.00000452. The zero-order valence-electron chi connectivity index (χ0n) is 29.5. The van der Waals surface area contributed by atoms with Gasteiger partial charge in [0.25, 0.3) is 0 Å². The normalized spacial score (nSPS) is 15.0. The summed E-state index contributed by atoms with van der Waals surface area (Å²) >= 11 is 0. The number of hydrogen-bond acceptors (Lipinski definition) is 4. The minimum atomic E-state index is -0.402. The van der Waals surface area contributed by atoms with E-state index in [-0.39, 0.29) is 30.3 Å². The van der Waals surface area contributed by atoms with Gasteiger partial charge in [-0.2, -0.15) is 0 Å². The maximum atomic E-state index is 12.5. The summed E-state index contributed by atoms with van der Waals surface area (Å²) in [5, 5.41) is 1.98. The number of allylic oxidation sites excluding steroid dienone is 3. The minimum Gasteiger partial charge on any atom is -0.492 e. The molecule has 4 heteroatoms. The highest BCUT2D eigenvalue weighted by molar-refractivity contribution is 5.93. The average molecular weight is 595 g/mol. The fraction of sp³-hybridized carbons (Fsp3) is 0.615. The molecule has 0 aliphatic carbocycles. The molecule has 0 saturated carbocycles. The third-order valence-electron chi connectivity index (χ3n) is 7.90. The third-order valence-corrected chi connectivity index (χ3v) is 7.90. The molecule has 4 nitrogen and oxygen atoms in total. The number of hydrogen-bond donors (Lipinski definition) is 0. The van der Waals surface area contributed by atoms with Gasteiger partial charge in [0, 0.05) is 16.7 Å². The van der Waals surface area contributed by atoms with E-state index in [1.54, 1.807) is 0 Å². The molecular formula is C39H62O4. The molecule has 3 unspecified atom stereocenters. The molecule has 0 amide bonds. The number of fused-ring (bicyclic) bond motifs is 1. The highest BCUT2D eigenvalue weighted by Gasteiger charge is 2.27. The van der Waals surface area contributed by atoms with Gasteiger partial charge in [-0.1, -0.05) is 118 Å². The molecule has 3 atom stereocenters. The maximum Gasteiger partial charge on any atom is 0.309 e. The van der Waals surface area contributed by atoms with Crippen molar-refractivity contribution < 1.29 is 19.0 Å². The van der Waals surface area contributed by atoms with E-state index >= 15 is 0 Å². The first-order chi connectivity index (χ1) is 20.3. The van der Waals surface area contributed by atoms with Crippen LogP contribution in [-0.2, 0) is 9.53 Å². The summed E-state index contributed by atoms with van der Waals surface area (Å²) in [6.45, 7) is 27.0. The topological polar surface area (TPSA) is 44.8 Å². The Labute approximate surface area is 264 Å². The maximum absolute atomic E-state index is 12.5. The van der Waals surface area contributed by atoms with Gasteiger partial charge in [0.2, 0.25) is 0 Å². The largest absolute Gasteiger partial charge is 0.492 e. The molecule has 0 bridgehead atoms.